The smallest absolute Gasteiger partial charge is 0.202 e. The van der Waals surface area contributed by atoms with Crippen LogP contribution in [0.15, 0.2) is 18.3 Å². The number of nitrogens with zero attached hydrogens (tertiary/aromatic N) is 3. The summed E-state index contributed by atoms with van der Waals surface area (Å²) in [6, 6.07) is 3.95. The van der Waals surface area contributed by atoms with Gasteiger partial charge in [0.05, 0.1) is 12.6 Å². The predicted octanol–water partition coefficient (Wildman–Crippen LogP) is 2.25. The van der Waals surface area contributed by atoms with E-state index in [1.165, 1.54) is 0 Å². The van der Waals surface area contributed by atoms with Crippen LogP contribution in [0.1, 0.15) is 26.8 Å². The number of imidazole rings is 1. The summed E-state index contributed by atoms with van der Waals surface area (Å²) < 4.78 is 7.53. The molecule has 0 radical (unpaired) electrons. The number of ether oxygens (including phenoxy) is 1. The molecule has 5 heteroatoms. The van der Waals surface area contributed by atoms with Crippen molar-refractivity contribution in [1.82, 2.24) is 14.5 Å². The Morgan fingerprint density at radius 2 is 2.22 bits per heavy atom. The van der Waals surface area contributed by atoms with E-state index in [1.807, 2.05) is 23.6 Å². The molecule has 1 unspecified atom stereocenters. The van der Waals surface area contributed by atoms with Crippen molar-refractivity contribution < 1.29 is 4.74 Å². The molecular formula is C13H20N4O. The second-order valence-corrected chi connectivity index (χ2v) is 4.66. The standard InChI is InChI=1S/C13H20N4O/c1-4-18-8-11(9(2)3)17-12-10(16-13(17)14)6-5-7-15-12/h5-7,9,11H,4,8H2,1-3H3,(H2,14,16). The molecule has 98 valence electrons. The lowest BCUT2D eigenvalue weighted by atomic mass is 10.1. The predicted molar refractivity (Wildman–Crippen MR) is 72.3 cm³/mol. The number of fused-ring (bicyclic) bond motifs is 1. The number of pyridine rings is 1. The molecule has 2 heterocycles. The maximum atomic E-state index is 6.02. The molecule has 0 amide bonds. The third-order valence-corrected chi connectivity index (χ3v) is 3.07. The van der Waals surface area contributed by atoms with Crippen molar-refractivity contribution in [3.8, 4) is 0 Å². The molecule has 0 aliphatic heterocycles. The number of rotatable bonds is 5. The summed E-state index contributed by atoms with van der Waals surface area (Å²) in [5.74, 6) is 0.903. The summed E-state index contributed by atoms with van der Waals surface area (Å²) >= 11 is 0. The van der Waals surface area contributed by atoms with Gasteiger partial charge >= 0.3 is 0 Å². The second-order valence-electron chi connectivity index (χ2n) is 4.66. The Morgan fingerprint density at radius 1 is 1.44 bits per heavy atom. The van der Waals surface area contributed by atoms with Crippen LogP contribution >= 0.6 is 0 Å². The van der Waals surface area contributed by atoms with Crippen molar-refractivity contribution in [1.29, 1.82) is 0 Å². The van der Waals surface area contributed by atoms with E-state index in [0.29, 0.717) is 25.1 Å². The normalized spacial score (nSPS) is 13.3. The highest BCUT2D eigenvalue weighted by molar-refractivity contribution is 5.74. The molecule has 2 aromatic heterocycles. The van der Waals surface area contributed by atoms with Gasteiger partial charge in [0.15, 0.2) is 5.65 Å². The molecule has 1 atom stereocenters. The lowest BCUT2D eigenvalue weighted by molar-refractivity contribution is 0.0985. The zero-order chi connectivity index (χ0) is 13.1. The van der Waals surface area contributed by atoms with Crippen molar-refractivity contribution in [3.63, 3.8) is 0 Å². The average Bonchev–Trinajstić information content (AvgIpc) is 2.66. The molecule has 0 bridgehead atoms. The van der Waals surface area contributed by atoms with Crippen LogP contribution in [0.3, 0.4) is 0 Å². The SMILES string of the molecule is CCOCC(C(C)C)n1c(N)nc2cccnc21. The average molecular weight is 248 g/mol. The van der Waals surface area contributed by atoms with E-state index < -0.39 is 0 Å². The fourth-order valence-corrected chi connectivity index (χ4v) is 2.08. The van der Waals surface area contributed by atoms with E-state index in [1.54, 1.807) is 6.20 Å². The van der Waals surface area contributed by atoms with Crippen LogP contribution < -0.4 is 5.73 Å². The molecule has 0 aromatic carbocycles. The Morgan fingerprint density at radius 3 is 2.89 bits per heavy atom. The number of nitrogens with two attached hydrogens (primary N) is 1. The van der Waals surface area contributed by atoms with Crippen LogP contribution in [-0.4, -0.2) is 27.7 Å². The molecule has 5 nitrogen and oxygen atoms in total. The second kappa shape index (κ2) is 5.35. The molecule has 0 aliphatic rings. The van der Waals surface area contributed by atoms with E-state index >= 15 is 0 Å². The molecule has 0 spiro atoms. The van der Waals surface area contributed by atoms with Gasteiger partial charge in [-0.1, -0.05) is 13.8 Å². The fourth-order valence-electron chi connectivity index (χ4n) is 2.08. The van der Waals surface area contributed by atoms with Gasteiger partial charge in [0.25, 0.3) is 0 Å². The number of hydrogen-bond donors (Lipinski definition) is 1. The summed E-state index contributed by atoms with van der Waals surface area (Å²) in [5, 5.41) is 0. The zero-order valence-corrected chi connectivity index (χ0v) is 11.1. The third-order valence-electron chi connectivity index (χ3n) is 3.07. The fraction of sp³-hybridized carbons (Fsp3) is 0.538. The number of aromatic nitrogens is 3. The molecule has 2 N–H and O–H groups in total. The maximum absolute atomic E-state index is 6.02. The molecule has 0 saturated carbocycles. The first-order chi connectivity index (χ1) is 8.65. The summed E-state index contributed by atoms with van der Waals surface area (Å²) in [6.07, 6.45) is 1.76. The van der Waals surface area contributed by atoms with Gasteiger partial charge in [-0.25, -0.2) is 9.97 Å². The largest absolute Gasteiger partial charge is 0.380 e. The van der Waals surface area contributed by atoms with E-state index in [4.69, 9.17) is 10.5 Å². The number of anilines is 1. The zero-order valence-electron chi connectivity index (χ0n) is 11.1. The molecular weight excluding hydrogens is 228 g/mol. The van der Waals surface area contributed by atoms with Crippen molar-refractivity contribution in [2.75, 3.05) is 18.9 Å². The van der Waals surface area contributed by atoms with Crippen LogP contribution in [0.25, 0.3) is 11.2 Å². The molecule has 0 aliphatic carbocycles. The van der Waals surface area contributed by atoms with Gasteiger partial charge in [0.1, 0.15) is 5.52 Å². The van der Waals surface area contributed by atoms with E-state index in [9.17, 15) is 0 Å². The van der Waals surface area contributed by atoms with Crippen molar-refractivity contribution in [3.05, 3.63) is 18.3 Å². The Labute approximate surface area is 107 Å². The minimum Gasteiger partial charge on any atom is -0.380 e. The van der Waals surface area contributed by atoms with Crippen LogP contribution in [0.2, 0.25) is 0 Å². The van der Waals surface area contributed by atoms with Gasteiger partial charge in [0.2, 0.25) is 5.95 Å². The van der Waals surface area contributed by atoms with Gasteiger partial charge in [-0.3, -0.25) is 4.57 Å². The highest BCUT2D eigenvalue weighted by Crippen LogP contribution is 2.26. The van der Waals surface area contributed by atoms with Crippen molar-refractivity contribution in [2.24, 2.45) is 5.92 Å². The monoisotopic (exact) mass is 248 g/mol. The lowest BCUT2D eigenvalue weighted by Gasteiger charge is -2.23. The van der Waals surface area contributed by atoms with Gasteiger partial charge in [-0.05, 0) is 25.0 Å². The molecule has 18 heavy (non-hydrogen) atoms. The van der Waals surface area contributed by atoms with E-state index in [-0.39, 0.29) is 6.04 Å². The summed E-state index contributed by atoms with van der Waals surface area (Å²) in [6.45, 7) is 7.62. The van der Waals surface area contributed by atoms with E-state index in [2.05, 4.69) is 23.8 Å². The quantitative estimate of drug-likeness (QED) is 0.881. The number of nitrogen functional groups attached to an aromatic ring is 1. The number of hydrogen-bond acceptors (Lipinski definition) is 4. The molecule has 0 saturated heterocycles. The Balaban J connectivity index is 2.46. The van der Waals surface area contributed by atoms with Crippen LogP contribution in [0.5, 0.6) is 0 Å². The third kappa shape index (κ3) is 2.31. The summed E-state index contributed by atoms with van der Waals surface area (Å²) in [7, 11) is 0. The highest BCUT2D eigenvalue weighted by Gasteiger charge is 2.21. The van der Waals surface area contributed by atoms with Crippen LogP contribution in [0.4, 0.5) is 5.95 Å². The van der Waals surface area contributed by atoms with Gasteiger partial charge < -0.3 is 10.5 Å². The van der Waals surface area contributed by atoms with Crippen molar-refractivity contribution >= 4 is 17.1 Å². The Kier molecular flexibility index (Phi) is 3.81. The topological polar surface area (TPSA) is 66.0 Å². The molecule has 2 aromatic rings. The summed E-state index contributed by atoms with van der Waals surface area (Å²) in [4.78, 5) is 8.73. The highest BCUT2D eigenvalue weighted by atomic mass is 16.5. The van der Waals surface area contributed by atoms with Gasteiger partial charge in [-0.2, -0.15) is 0 Å². The first kappa shape index (κ1) is 12.8. The van der Waals surface area contributed by atoms with Crippen LogP contribution in [-0.2, 0) is 4.74 Å². The first-order valence-electron chi connectivity index (χ1n) is 6.31. The van der Waals surface area contributed by atoms with E-state index in [0.717, 1.165) is 11.2 Å². The minimum absolute atomic E-state index is 0.157. The Hall–Kier alpha value is -1.62. The first-order valence-corrected chi connectivity index (χ1v) is 6.31. The lowest BCUT2D eigenvalue weighted by Crippen LogP contribution is -2.22. The van der Waals surface area contributed by atoms with Gasteiger partial charge in [0, 0.05) is 12.8 Å². The molecule has 0 fully saturated rings. The minimum atomic E-state index is 0.157. The van der Waals surface area contributed by atoms with Gasteiger partial charge in [-0.15, -0.1) is 0 Å². The summed E-state index contributed by atoms with van der Waals surface area (Å²) in [5.41, 5.74) is 7.68. The Bertz CT molecular complexity index is 521. The van der Waals surface area contributed by atoms with Crippen molar-refractivity contribution in [2.45, 2.75) is 26.8 Å². The van der Waals surface area contributed by atoms with Crippen LogP contribution in [0, 0.1) is 5.92 Å². The molecule has 2 rings (SSSR count). The maximum Gasteiger partial charge on any atom is 0.202 e.